The van der Waals surface area contributed by atoms with Crippen molar-refractivity contribution in [1.82, 2.24) is 4.90 Å². The van der Waals surface area contributed by atoms with Crippen molar-refractivity contribution < 1.29 is 13.6 Å². The fourth-order valence-corrected chi connectivity index (χ4v) is 3.42. The second-order valence-electron chi connectivity index (χ2n) is 6.53. The number of carbonyl (C=O) groups excluding carboxylic acids is 1. The Balaban J connectivity index is 1.65. The van der Waals surface area contributed by atoms with Crippen molar-refractivity contribution in [2.24, 2.45) is 5.73 Å². The number of carbonyl (C=O) groups is 1. The van der Waals surface area contributed by atoms with Crippen molar-refractivity contribution >= 4 is 16.9 Å². The molecule has 25 heavy (non-hydrogen) atoms. The van der Waals surface area contributed by atoms with Crippen molar-refractivity contribution in [3.63, 3.8) is 0 Å². The highest BCUT2D eigenvalue weighted by Crippen LogP contribution is 2.31. The Bertz CT molecular complexity index is 925. The second-order valence-corrected chi connectivity index (χ2v) is 6.53. The average Bonchev–Trinajstić information content (AvgIpc) is 3.24. The van der Waals surface area contributed by atoms with E-state index in [1.54, 1.807) is 6.07 Å². The number of halogens is 1. The Morgan fingerprint density at radius 1 is 1.12 bits per heavy atom. The summed E-state index contributed by atoms with van der Waals surface area (Å²) in [5.74, 6) is -0.614. The molecule has 1 saturated heterocycles. The highest BCUT2D eigenvalue weighted by atomic mass is 19.1. The van der Waals surface area contributed by atoms with Crippen LogP contribution in [0, 0.1) is 5.82 Å². The van der Waals surface area contributed by atoms with Crippen LogP contribution in [0.5, 0.6) is 0 Å². The molecule has 0 bridgehead atoms. The standard InChI is InChI=1S/C20H19FN2O2/c21-16-9-15-10-18(25-19(15)17(11-16)20(22)24)14-5-3-13(4-6-14)12-23-7-1-2-8-23/h3-6,9-11H,1-2,7-8,12H2,(H2,22,24). The van der Waals surface area contributed by atoms with Gasteiger partial charge in [-0.15, -0.1) is 0 Å². The Kier molecular flexibility index (Phi) is 4.01. The molecule has 4 nitrogen and oxygen atoms in total. The van der Waals surface area contributed by atoms with Crippen LogP contribution in [0.15, 0.2) is 46.9 Å². The molecule has 4 rings (SSSR count). The van der Waals surface area contributed by atoms with Gasteiger partial charge in [-0.05, 0) is 49.7 Å². The van der Waals surface area contributed by atoms with Gasteiger partial charge in [0.25, 0.3) is 5.91 Å². The van der Waals surface area contributed by atoms with Crippen LogP contribution in [0.4, 0.5) is 4.39 Å². The summed E-state index contributed by atoms with van der Waals surface area (Å²) in [4.78, 5) is 14.0. The maximum absolute atomic E-state index is 13.7. The van der Waals surface area contributed by atoms with Crippen molar-refractivity contribution in [2.45, 2.75) is 19.4 Å². The Labute approximate surface area is 145 Å². The molecule has 0 atom stereocenters. The van der Waals surface area contributed by atoms with Crippen LogP contribution in [-0.2, 0) is 6.54 Å². The van der Waals surface area contributed by atoms with Gasteiger partial charge in [-0.2, -0.15) is 0 Å². The third kappa shape index (κ3) is 3.15. The number of amides is 1. The number of rotatable bonds is 4. The quantitative estimate of drug-likeness (QED) is 0.784. The minimum Gasteiger partial charge on any atom is -0.455 e. The highest BCUT2D eigenvalue weighted by molar-refractivity contribution is 6.04. The van der Waals surface area contributed by atoms with Crippen LogP contribution in [-0.4, -0.2) is 23.9 Å². The first-order valence-electron chi connectivity index (χ1n) is 8.45. The zero-order chi connectivity index (χ0) is 17.4. The number of hydrogen-bond donors (Lipinski definition) is 1. The zero-order valence-corrected chi connectivity index (χ0v) is 13.8. The van der Waals surface area contributed by atoms with Crippen molar-refractivity contribution in [3.8, 4) is 11.3 Å². The van der Waals surface area contributed by atoms with E-state index in [-0.39, 0.29) is 5.56 Å². The first-order chi connectivity index (χ1) is 12.1. The lowest BCUT2D eigenvalue weighted by Crippen LogP contribution is -2.18. The van der Waals surface area contributed by atoms with E-state index < -0.39 is 11.7 Å². The summed E-state index contributed by atoms with van der Waals surface area (Å²) in [6.45, 7) is 3.27. The molecule has 0 spiro atoms. The maximum atomic E-state index is 13.7. The largest absolute Gasteiger partial charge is 0.455 e. The molecule has 3 aromatic rings. The predicted molar refractivity (Wildman–Crippen MR) is 94.6 cm³/mol. The monoisotopic (exact) mass is 338 g/mol. The molecule has 0 saturated carbocycles. The number of fused-ring (bicyclic) bond motifs is 1. The second kappa shape index (κ2) is 6.33. The number of primary amides is 1. The van der Waals surface area contributed by atoms with E-state index >= 15 is 0 Å². The van der Waals surface area contributed by atoms with E-state index in [1.807, 2.05) is 12.1 Å². The molecule has 0 radical (unpaired) electrons. The Hall–Kier alpha value is -2.66. The predicted octanol–water partition coefficient (Wildman–Crippen LogP) is 3.93. The molecule has 2 N–H and O–H groups in total. The summed E-state index contributed by atoms with van der Waals surface area (Å²) in [5, 5.41) is 0.532. The molecule has 1 fully saturated rings. The normalized spacial score (nSPS) is 15.1. The van der Waals surface area contributed by atoms with Gasteiger partial charge in [-0.1, -0.05) is 24.3 Å². The number of nitrogens with two attached hydrogens (primary N) is 1. The van der Waals surface area contributed by atoms with E-state index in [1.165, 1.54) is 24.5 Å². The minimum atomic E-state index is -0.702. The number of hydrogen-bond acceptors (Lipinski definition) is 3. The van der Waals surface area contributed by atoms with E-state index in [4.69, 9.17) is 10.2 Å². The zero-order valence-electron chi connectivity index (χ0n) is 13.8. The molecule has 1 amide bonds. The smallest absolute Gasteiger partial charge is 0.252 e. The summed E-state index contributed by atoms with van der Waals surface area (Å²) in [6, 6.07) is 12.3. The van der Waals surface area contributed by atoms with Crippen LogP contribution in [0.2, 0.25) is 0 Å². The SMILES string of the molecule is NC(=O)c1cc(F)cc2cc(-c3ccc(CN4CCCC4)cc3)oc12. The Morgan fingerprint density at radius 2 is 1.84 bits per heavy atom. The van der Waals surface area contributed by atoms with Gasteiger partial charge in [-0.3, -0.25) is 9.69 Å². The summed E-state index contributed by atoms with van der Waals surface area (Å²) >= 11 is 0. The van der Waals surface area contributed by atoms with Gasteiger partial charge < -0.3 is 10.2 Å². The highest BCUT2D eigenvalue weighted by Gasteiger charge is 2.16. The molecule has 0 unspecified atom stereocenters. The fourth-order valence-electron chi connectivity index (χ4n) is 3.42. The lowest BCUT2D eigenvalue weighted by molar-refractivity contribution is 0.100. The number of furan rings is 1. The van der Waals surface area contributed by atoms with E-state index in [0.717, 1.165) is 31.3 Å². The summed E-state index contributed by atoms with van der Waals surface area (Å²) in [7, 11) is 0. The van der Waals surface area contributed by atoms with Gasteiger partial charge in [-0.25, -0.2) is 4.39 Å². The van der Waals surface area contributed by atoms with E-state index in [0.29, 0.717) is 16.7 Å². The van der Waals surface area contributed by atoms with Crippen LogP contribution in [0.1, 0.15) is 28.8 Å². The van der Waals surface area contributed by atoms with Crippen LogP contribution in [0.3, 0.4) is 0 Å². The molecule has 1 aliphatic rings. The Morgan fingerprint density at radius 3 is 2.52 bits per heavy atom. The number of likely N-dealkylation sites (tertiary alicyclic amines) is 1. The molecule has 1 aromatic heterocycles. The molecule has 1 aliphatic heterocycles. The molecule has 128 valence electrons. The first-order valence-corrected chi connectivity index (χ1v) is 8.45. The van der Waals surface area contributed by atoms with E-state index in [9.17, 15) is 9.18 Å². The molecule has 0 aliphatic carbocycles. The van der Waals surface area contributed by atoms with Crippen molar-refractivity contribution in [3.05, 3.63) is 59.4 Å². The lowest BCUT2D eigenvalue weighted by Gasteiger charge is -2.14. The summed E-state index contributed by atoms with van der Waals surface area (Å²) < 4.78 is 19.5. The summed E-state index contributed by atoms with van der Waals surface area (Å²) in [6.07, 6.45) is 2.55. The number of benzene rings is 2. The number of nitrogens with zero attached hydrogens (tertiary/aromatic N) is 1. The minimum absolute atomic E-state index is 0.0619. The molecular formula is C20H19FN2O2. The fraction of sp³-hybridized carbons (Fsp3) is 0.250. The third-order valence-corrected chi connectivity index (χ3v) is 4.69. The first kappa shape index (κ1) is 15.8. The van der Waals surface area contributed by atoms with Crippen LogP contribution >= 0.6 is 0 Å². The molecular weight excluding hydrogens is 319 g/mol. The third-order valence-electron chi connectivity index (χ3n) is 4.69. The van der Waals surface area contributed by atoms with Gasteiger partial charge in [0.2, 0.25) is 0 Å². The van der Waals surface area contributed by atoms with Gasteiger partial charge in [0.1, 0.15) is 17.2 Å². The van der Waals surface area contributed by atoms with Crippen molar-refractivity contribution in [1.29, 1.82) is 0 Å². The van der Waals surface area contributed by atoms with Gasteiger partial charge in [0.15, 0.2) is 0 Å². The molecule has 2 aromatic carbocycles. The van der Waals surface area contributed by atoms with Crippen LogP contribution in [0.25, 0.3) is 22.3 Å². The summed E-state index contributed by atoms with van der Waals surface area (Å²) in [5.41, 5.74) is 7.85. The van der Waals surface area contributed by atoms with Gasteiger partial charge in [0, 0.05) is 17.5 Å². The van der Waals surface area contributed by atoms with Gasteiger partial charge in [0.05, 0.1) is 5.56 Å². The van der Waals surface area contributed by atoms with E-state index in [2.05, 4.69) is 17.0 Å². The lowest BCUT2D eigenvalue weighted by atomic mass is 10.1. The van der Waals surface area contributed by atoms with Crippen molar-refractivity contribution in [2.75, 3.05) is 13.1 Å². The van der Waals surface area contributed by atoms with Gasteiger partial charge >= 0.3 is 0 Å². The molecule has 5 heteroatoms. The topological polar surface area (TPSA) is 59.5 Å². The molecule has 2 heterocycles. The van der Waals surface area contributed by atoms with Crippen LogP contribution < -0.4 is 5.73 Å². The maximum Gasteiger partial charge on any atom is 0.252 e. The average molecular weight is 338 g/mol.